The molecule has 0 aliphatic carbocycles. The first-order valence-electron chi connectivity index (χ1n) is 10.1. The number of carbonyl (C=O) groups is 2. The second-order valence-corrected chi connectivity index (χ2v) is 7.42. The molecule has 0 amide bonds. The van der Waals surface area contributed by atoms with E-state index in [0.717, 1.165) is 24.8 Å². The van der Waals surface area contributed by atoms with Gasteiger partial charge in [-0.25, -0.2) is 9.59 Å². The van der Waals surface area contributed by atoms with E-state index >= 15 is 0 Å². The Labute approximate surface area is 171 Å². The number of benzene rings is 1. The molecule has 0 saturated heterocycles. The highest BCUT2D eigenvalue weighted by molar-refractivity contribution is 5.94. The number of fused-ring (bicyclic) bond motifs is 1. The van der Waals surface area contributed by atoms with E-state index in [2.05, 4.69) is 6.58 Å². The zero-order valence-corrected chi connectivity index (χ0v) is 16.9. The topological polar surface area (TPSA) is 93.1 Å². The summed E-state index contributed by atoms with van der Waals surface area (Å²) in [5, 5.41) is 20.7. The lowest BCUT2D eigenvalue weighted by Crippen LogP contribution is -2.28. The number of hydrogen-bond donors (Lipinski definition) is 2. The van der Waals surface area contributed by atoms with Crippen molar-refractivity contribution >= 4 is 11.9 Å². The molecule has 0 bridgehead atoms. The summed E-state index contributed by atoms with van der Waals surface area (Å²) in [7, 11) is 0. The van der Waals surface area contributed by atoms with Gasteiger partial charge in [-0.1, -0.05) is 44.2 Å². The minimum Gasteiger partial charge on any atom is -0.507 e. The van der Waals surface area contributed by atoms with Gasteiger partial charge in [0.05, 0.1) is 6.10 Å². The Morgan fingerprint density at radius 1 is 1.38 bits per heavy atom. The molecular formula is C23H30O6. The Morgan fingerprint density at radius 2 is 2.17 bits per heavy atom. The van der Waals surface area contributed by atoms with E-state index in [0.29, 0.717) is 6.42 Å². The molecule has 1 aromatic rings. The summed E-state index contributed by atoms with van der Waals surface area (Å²) >= 11 is 0. The number of carbonyl (C=O) groups excluding carboxylic acids is 2. The van der Waals surface area contributed by atoms with Crippen LogP contribution in [0.4, 0.5) is 0 Å². The van der Waals surface area contributed by atoms with Crippen LogP contribution in [-0.2, 0) is 20.7 Å². The second kappa shape index (κ2) is 11.4. The number of phenols is 1. The molecule has 0 saturated carbocycles. The summed E-state index contributed by atoms with van der Waals surface area (Å²) in [4.78, 5) is 24.4. The lowest BCUT2D eigenvalue weighted by molar-refractivity contribution is -0.136. The summed E-state index contributed by atoms with van der Waals surface area (Å²) in [5.41, 5.74) is 0.932. The van der Waals surface area contributed by atoms with Crippen LogP contribution in [0.5, 0.6) is 5.75 Å². The van der Waals surface area contributed by atoms with Gasteiger partial charge < -0.3 is 19.7 Å². The van der Waals surface area contributed by atoms with E-state index in [1.165, 1.54) is 18.2 Å². The molecule has 0 fully saturated rings. The van der Waals surface area contributed by atoms with Gasteiger partial charge in [-0.05, 0) is 36.8 Å². The molecule has 1 heterocycles. The number of esters is 2. The molecule has 0 spiro atoms. The Bertz CT molecular complexity index is 739. The summed E-state index contributed by atoms with van der Waals surface area (Å²) in [6.07, 6.45) is 6.86. The molecule has 3 atom stereocenters. The van der Waals surface area contributed by atoms with Crippen molar-refractivity contribution in [1.82, 2.24) is 0 Å². The fourth-order valence-corrected chi connectivity index (χ4v) is 3.41. The van der Waals surface area contributed by atoms with E-state index in [1.54, 1.807) is 12.1 Å². The Balaban J connectivity index is 2.19. The van der Waals surface area contributed by atoms with Crippen molar-refractivity contribution in [2.45, 2.75) is 57.7 Å². The van der Waals surface area contributed by atoms with Gasteiger partial charge in [0.15, 0.2) is 0 Å². The highest BCUT2D eigenvalue weighted by Gasteiger charge is 2.26. The summed E-state index contributed by atoms with van der Waals surface area (Å²) in [5.74, 6) is -1.17. The quantitative estimate of drug-likeness (QED) is 0.443. The van der Waals surface area contributed by atoms with Crippen LogP contribution in [0.2, 0.25) is 0 Å². The third-order valence-electron chi connectivity index (χ3n) is 5.12. The smallest absolute Gasteiger partial charge is 0.342 e. The first kappa shape index (κ1) is 22.7. The number of ether oxygens (including phenoxy) is 2. The van der Waals surface area contributed by atoms with E-state index in [4.69, 9.17) is 9.47 Å². The van der Waals surface area contributed by atoms with Crippen molar-refractivity contribution in [3.05, 3.63) is 54.1 Å². The van der Waals surface area contributed by atoms with Gasteiger partial charge in [-0.2, -0.15) is 0 Å². The molecule has 29 heavy (non-hydrogen) atoms. The molecule has 6 heteroatoms. The Hall–Kier alpha value is -2.60. The van der Waals surface area contributed by atoms with Crippen LogP contribution in [-0.4, -0.2) is 41.0 Å². The largest absolute Gasteiger partial charge is 0.507 e. The van der Waals surface area contributed by atoms with Crippen molar-refractivity contribution in [3.63, 3.8) is 0 Å². The molecule has 158 valence electrons. The number of aryl methyl sites for hydroxylation is 1. The molecule has 0 radical (unpaired) electrons. The number of aliphatic hydroxyl groups excluding tert-OH is 1. The van der Waals surface area contributed by atoms with Crippen molar-refractivity contribution < 1.29 is 29.3 Å². The molecule has 1 aromatic carbocycles. The van der Waals surface area contributed by atoms with E-state index in [-0.39, 0.29) is 36.7 Å². The average Bonchev–Trinajstić information content (AvgIpc) is 2.68. The van der Waals surface area contributed by atoms with Crippen LogP contribution in [0.1, 0.15) is 54.9 Å². The highest BCUT2D eigenvalue weighted by Crippen LogP contribution is 2.27. The lowest BCUT2D eigenvalue weighted by atomic mass is 9.91. The normalized spacial score (nSPS) is 23.4. The molecule has 1 aliphatic heterocycles. The third-order valence-corrected chi connectivity index (χ3v) is 5.12. The summed E-state index contributed by atoms with van der Waals surface area (Å²) in [6.45, 7) is 5.58. The SMILES string of the molecule is C=CCOC(=O)/C=C/C[C@H]1C[C@@H](O)[C@@H](C)CCCCc2cccc(O)c2C(=O)O1. The summed E-state index contributed by atoms with van der Waals surface area (Å²) in [6, 6.07) is 5.01. The van der Waals surface area contributed by atoms with Crippen molar-refractivity contribution in [2.24, 2.45) is 5.92 Å². The maximum Gasteiger partial charge on any atom is 0.342 e. The van der Waals surface area contributed by atoms with Crippen molar-refractivity contribution in [1.29, 1.82) is 0 Å². The number of cyclic esters (lactones) is 1. The monoisotopic (exact) mass is 402 g/mol. The predicted molar refractivity (Wildman–Crippen MR) is 110 cm³/mol. The highest BCUT2D eigenvalue weighted by atomic mass is 16.5. The molecule has 0 aromatic heterocycles. The minimum atomic E-state index is -0.629. The second-order valence-electron chi connectivity index (χ2n) is 7.42. The van der Waals surface area contributed by atoms with Crippen LogP contribution >= 0.6 is 0 Å². The van der Waals surface area contributed by atoms with E-state index < -0.39 is 24.1 Å². The zero-order chi connectivity index (χ0) is 21.2. The number of aromatic hydroxyl groups is 1. The van der Waals surface area contributed by atoms with Gasteiger partial charge in [-0.3, -0.25) is 0 Å². The standard InChI is InChI=1S/C23H30O6/c1-3-14-28-21(26)13-7-11-18-15-20(25)16(2)8-4-5-9-17-10-6-12-19(24)22(17)23(27)29-18/h3,6-7,10,12-13,16,18,20,24-25H,1,4-5,8-9,11,14-15H2,2H3/b13-7+/t16-,18-,20+/m0/s1. The fraction of sp³-hybridized carbons (Fsp3) is 0.478. The predicted octanol–water partition coefficient (Wildman–Crippen LogP) is 3.71. The number of rotatable bonds is 5. The molecule has 2 N–H and O–H groups in total. The van der Waals surface area contributed by atoms with Crippen LogP contribution < -0.4 is 0 Å². The fourth-order valence-electron chi connectivity index (χ4n) is 3.41. The van der Waals surface area contributed by atoms with Crippen molar-refractivity contribution in [3.8, 4) is 5.75 Å². The maximum atomic E-state index is 12.8. The summed E-state index contributed by atoms with van der Waals surface area (Å²) < 4.78 is 10.5. The van der Waals surface area contributed by atoms with Gasteiger partial charge in [-0.15, -0.1) is 0 Å². The van der Waals surface area contributed by atoms with Crippen LogP contribution in [0, 0.1) is 5.92 Å². The number of hydrogen-bond acceptors (Lipinski definition) is 6. The van der Waals surface area contributed by atoms with Gasteiger partial charge in [0.2, 0.25) is 0 Å². The lowest BCUT2D eigenvalue weighted by Gasteiger charge is -2.25. The molecule has 0 unspecified atom stereocenters. The molecular weight excluding hydrogens is 372 g/mol. The first-order chi connectivity index (χ1) is 13.9. The molecule has 6 nitrogen and oxygen atoms in total. The van der Waals surface area contributed by atoms with Gasteiger partial charge in [0.25, 0.3) is 0 Å². The van der Waals surface area contributed by atoms with Crippen LogP contribution in [0.15, 0.2) is 43.0 Å². The van der Waals surface area contributed by atoms with E-state index in [9.17, 15) is 19.8 Å². The molecule has 1 aliphatic rings. The average molecular weight is 402 g/mol. The Kier molecular flexibility index (Phi) is 8.93. The zero-order valence-electron chi connectivity index (χ0n) is 16.9. The van der Waals surface area contributed by atoms with Crippen molar-refractivity contribution in [2.75, 3.05) is 6.61 Å². The first-order valence-corrected chi connectivity index (χ1v) is 10.1. The van der Waals surface area contributed by atoms with Gasteiger partial charge in [0, 0.05) is 18.9 Å². The minimum absolute atomic E-state index is 0.0702. The number of aliphatic hydroxyl groups is 1. The van der Waals surface area contributed by atoms with Crippen LogP contribution in [0.25, 0.3) is 0 Å². The van der Waals surface area contributed by atoms with Gasteiger partial charge in [0.1, 0.15) is 24.0 Å². The Morgan fingerprint density at radius 3 is 2.93 bits per heavy atom. The third kappa shape index (κ3) is 7.06. The van der Waals surface area contributed by atoms with Crippen LogP contribution in [0.3, 0.4) is 0 Å². The van der Waals surface area contributed by atoms with Gasteiger partial charge >= 0.3 is 11.9 Å². The number of phenolic OH excluding ortho intramolecular Hbond substituents is 1. The maximum absolute atomic E-state index is 12.8. The van der Waals surface area contributed by atoms with E-state index in [1.807, 2.05) is 13.0 Å². The molecule has 2 rings (SSSR count).